The van der Waals surface area contributed by atoms with Crippen LogP contribution in [0.3, 0.4) is 0 Å². The molecule has 4 rings (SSSR count). The van der Waals surface area contributed by atoms with Crippen LogP contribution in [0.2, 0.25) is 0 Å². The van der Waals surface area contributed by atoms with Gasteiger partial charge in [0.25, 0.3) is 5.91 Å². The number of amides is 3. The molecule has 0 saturated carbocycles. The van der Waals surface area contributed by atoms with Crippen molar-refractivity contribution in [3.05, 3.63) is 48.6 Å². The molecule has 7 heteroatoms. The van der Waals surface area contributed by atoms with E-state index in [2.05, 4.69) is 6.58 Å². The van der Waals surface area contributed by atoms with Crippen LogP contribution in [0.5, 0.6) is 0 Å². The molecule has 0 aliphatic carbocycles. The average Bonchev–Trinajstić information content (AvgIpc) is 3.15. The molecule has 3 unspecified atom stereocenters. The Labute approximate surface area is 158 Å². The minimum absolute atomic E-state index is 0.0314. The highest BCUT2D eigenvalue weighted by Gasteiger charge is 2.52. The van der Waals surface area contributed by atoms with Crippen molar-refractivity contribution < 1.29 is 19.1 Å². The zero-order valence-corrected chi connectivity index (χ0v) is 15.1. The van der Waals surface area contributed by atoms with Gasteiger partial charge in [-0.1, -0.05) is 24.3 Å². The van der Waals surface area contributed by atoms with Gasteiger partial charge in [0.1, 0.15) is 12.1 Å². The predicted molar refractivity (Wildman–Crippen MR) is 97.9 cm³/mol. The lowest BCUT2D eigenvalue weighted by atomic mass is 10.0. The van der Waals surface area contributed by atoms with E-state index in [0.717, 1.165) is 0 Å². The lowest BCUT2D eigenvalue weighted by Gasteiger charge is -2.47. The largest absolute Gasteiger partial charge is 0.372 e. The van der Waals surface area contributed by atoms with Crippen LogP contribution in [0.15, 0.2) is 43.0 Å². The maximum Gasteiger partial charge on any atom is 0.253 e. The molecule has 3 heterocycles. The van der Waals surface area contributed by atoms with Gasteiger partial charge >= 0.3 is 0 Å². The second kappa shape index (κ2) is 7.15. The third-order valence-electron chi connectivity index (χ3n) is 5.54. The fourth-order valence-electron chi connectivity index (χ4n) is 4.19. The van der Waals surface area contributed by atoms with Gasteiger partial charge in [0.2, 0.25) is 11.8 Å². The monoisotopic (exact) mass is 369 g/mol. The van der Waals surface area contributed by atoms with Gasteiger partial charge < -0.3 is 19.4 Å². The third-order valence-corrected chi connectivity index (χ3v) is 5.54. The van der Waals surface area contributed by atoms with Gasteiger partial charge in [-0.25, -0.2) is 0 Å². The third kappa shape index (κ3) is 3.12. The van der Waals surface area contributed by atoms with Gasteiger partial charge in [0, 0.05) is 31.6 Å². The van der Waals surface area contributed by atoms with Crippen molar-refractivity contribution >= 4 is 17.7 Å². The Morgan fingerprint density at radius 2 is 1.81 bits per heavy atom. The normalized spacial score (nSPS) is 27.4. The topological polar surface area (TPSA) is 70.2 Å². The van der Waals surface area contributed by atoms with Gasteiger partial charge in [-0.2, -0.15) is 0 Å². The van der Waals surface area contributed by atoms with Gasteiger partial charge in [-0.3, -0.25) is 14.4 Å². The summed E-state index contributed by atoms with van der Waals surface area (Å²) in [5.41, 5.74) is 0.595. The highest BCUT2D eigenvalue weighted by atomic mass is 16.5. The molecule has 7 nitrogen and oxygen atoms in total. The summed E-state index contributed by atoms with van der Waals surface area (Å²) in [6, 6.07) is 7.97. The molecule has 0 N–H and O–H groups in total. The Morgan fingerprint density at radius 1 is 1.07 bits per heavy atom. The molecule has 142 valence electrons. The second-order valence-electron chi connectivity index (χ2n) is 7.15. The number of carbonyl (C=O) groups is 3. The van der Waals surface area contributed by atoms with Crippen molar-refractivity contribution in [2.75, 3.05) is 32.8 Å². The molecule has 3 fully saturated rings. The van der Waals surface area contributed by atoms with Crippen molar-refractivity contribution in [2.45, 2.75) is 24.6 Å². The first-order valence-corrected chi connectivity index (χ1v) is 9.28. The number of ether oxygens (including phenoxy) is 1. The fourth-order valence-corrected chi connectivity index (χ4v) is 4.19. The van der Waals surface area contributed by atoms with Crippen LogP contribution in [0, 0.1) is 0 Å². The molecular weight excluding hydrogens is 346 g/mol. The molecular formula is C20H23N3O4. The molecule has 3 atom stereocenters. The van der Waals surface area contributed by atoms with Crippen LogP contribution in [0.4, 0.5) is 0 Å². The van der Waals surface area contributed by atoms with E-state index < -0.39 is 12.1 Å². The van der Waals surface area contributed by atoms with E-state index in [1.165, 1.54) is 0 Å². The number of nitrogens with zero attached hydrogens (tertiary/aromatic N) is 3. The van der Waals surface area contributed by atoms with E-state index in [1.54, 1.807) is 32.9 Å². The molecule has 3 aliphatic heterocycles. The van der Waals surface area contributed by atoms with E-state index in [1.807, 2.05) is 18.2 Å². The summed E-state index contributed by atoms with van der Waals surface area (Å²) >= 11 is 0. The van der Waals surface area contributed by atoms with Crippen molar-refractivity contribution in [3.63, 3.8) is 0 Å². The van der Waals surface area contributed by atoms with Crippen LogP contribution in [0.25, 0.3) is 0 Å². The van der Waals surface area contributed by atoms with Crippen molar-refractivity contribution in [3.8, 4) is 0 Å². The fraction of sp³-hybridized carbons (Fsp3) is 0.450. The summed E-state index contributed by atoms with van der Waals surface area (Å²) in [4.78, 5) is 43.6. The average molecular weight is 369 g/mol. The Bertz CT molecular complexity index is 766. The lowest BCUT2D eigenvalue weighted by molar-refractivity contribution is -0.162. The number of benzene rings is 1. The summed E-state index contributed by atoms with van der Waals surface area (Å²) in [5.74, 6) is -0.225. The summed E-state index contributed by atoms with van der Waals surface area (Å²) in [5, 5.41) is 0. The van der Waals surface area contributed by atoms with Crippen LogP contribution < -0.4 is 0 Å². The molecule has 0 bridgehead atoms. The van der Waals surface area contributed by atoms with Gasteiger partial charge in [-0.15, -0.1) is 6.58 Å². The van der Waals surface area contributed by atoms with E-state index in [9.17, 15) is 14.4 Å². The van der Waals surface area contributed by atoms with Crippen molar-refractivity contribution in [2.24, 2.45) is 0 Å². The highest BCUT2D eigenvalue weighted by Crippen LogP contribution is 2.30. The molecule has 3 saturated heterocycles. The quantitative estimate of drug-likeness (QED) is 0.726. The molecule has 1 aromatic rings. The van der Waals surface area contributed by atoms with E-state index in [4.69, 9.17) is 4.74 Å². The second-order valence-corrected chi connectivity index (χ2v) is 7.15. The molecule has 0 aromatic heterocycles. The number of fused-ring (bicyclic) bond motifs is 2. The van der Waals surface area contributed by atoms with Crippen LogP contribution >= 0.6 is 0 Å². The Kier molecular flexibility index (Phi) is 4.70. The van der Waals surface area contributed by atoms with E-state index >= 15 is 0 Å². The molecule has 1 aromatic carbocycles. The van der Waals surface area contributed by atoms with E-state index in [-0.39, 0.29) is 30.4 Å². The number of hydrogen-bond acceptors (Lipinski definition) is 4. The Hall–Kier alpha value is -2.67. The molecule has 3 aliphatic rings. The molecule has 3 amide bonds. The lowest BCUT2D eigenvalue weighted by Crippen LogP contribution is -2.69. The van der Waals surface area contributed by atoms with E-state index in [0.29, 0.717) is 38.2 Å². The number of piperazine rings is 2. The van der Waals surface area contributed by atoms with Gasteiger partial charge in [0.15, 0.2) is 0 Å². The SMILES string of the molecule is C=CCOC1CC2C(=O)N3CCN(C(=O)c4ccccc4)CC3C(=O)N2C1. The number of carbonyl (C=O) groups excluding carboxylic acids is 3. The van der Waals surface area contributed by atoms with Gasteiger partial charge in [-0.05, 0) is 12.1 Å². The summed E-state index contributed by atoms with van der Waals surface area (Å²) in [6.45, 7) is 5.51. The van der Waals surface area contributed by atoms with Crippen LogP contribution in [-0.4, -0.2) is 83.4 Å². The Morgan fingerprint density at radius 3 is 2.56 bits per heavy atom. The predicted octanol–water partition coefficient (Wildman–Crippen LogP) is 0.525. The summed E-state index contributed by atoms with van der Waals surface area (Å²) in [6.07, 6.45) is 2.04. The zero-order valence-electron chi connectivity index (χ0n) is 15.1. The molecule has 27 heavy (non-hydrogen) atoms. The smallest absolute Gasteiger partial charge is 0.253 e. The maximum absolute atomic E-state index is 13.0. The maximum atomic E-state index is 13.0. The Balaban J connectivity index is 1.49. The van der Waals surface area contributed by atoms with Crippen LogP contribution in [-0.2, 0) is 14.3 Å². The molecule has 0 radical (unpaired) electrons. The number of rotatable bonds is 4. The molecule has 0 spiro atoms. The van der Waals surface area contributed by atoms with Crippen molar-refractivity contribution in [1.82, 2.24) is 14.7 Å². The van der Waals surface area contributed by atoms with Crippen molar-refractivity contribution in [1.29, 1.82) is 0 Å². The van der Waals surface area contributed by atoms with Gasteiger partial charge in [0.05, 0.1) is 19.3 Å². The first-order valence-electron chi connectivity index (χ1n) is 9.28. The minimum atomic E-state index is -0.603. The van der Waals surface area contributed by atoms with Crippen LogP contribution in [0.1, 0.15) is 16.8 Å². The number of hydrogen-bond donors (Lipinski definition) is 0. The summed E-state index contributed by atoms with van der Waals surface area (Å²) in [7, 11) is 0. The minimum Gasteiger partial charge on any atom is -0.372 e. The first-order chi connectivity index (χ1) is 13.1. The first kappa shape index (κ1) is 17.7. The zero-order chi connectivity index (χ0) is 19.0. The highest BCUT2D eigenvalue weighted by molar-refractivity contribution is 5.99. The summed E-state index contributed by atoms with van der Waals surface area (Å²) < 4.78 is 5.66. The standard InChI is InChI=1S/C20H23N3O4/c1-2-10-27-15-11-16-19(25)22-9-8-21(13-17(22)20(26)23(16)12-15)18(24)14-6-4-3-5-7-14/h2-7,15-17H,1,8-13H2.